The van der Waals surface area contributed by atoms with Gasteiger partial charge in [0.05, 0.1) is 6.26 Å². The van der Waals surface area contributed by atoms with Crippen molar-refractivity contribution in [2.75, 3.05) is 20.1 Å². The van der Waals surface area contributed by atoms with Crippen LogP contribution in [0.25, 0.3) is 0 Å². The molecule has 1 aliphatic carbocycles. The Bertz CT molecular complexity index is 491. The second-order valence-corrected chi connectivity index (χ2v) is 5.12. The van der Waals surface area contributed by atoms with E-state index in [1.807, 2.05) is 18.9 Å². The van der Waals surface area contributed by atoms with Gasteiger partial charge in [-0.05, 0) is 32.3 Å². The van der Waals surface area contributed by atoms with Crippen molar-refractivity contribution in [3.05, 3.63) is 23.7 Å². The minimum absolute atomic E-state index is 0.181. The van der Waals surface area contributed by atoms with Gasteiger partial charge in [-0.1, -0.05) is 0 Å². The van der Waals surface area contributed by atoms with Gasteiger partial charge in [0.2, 0.25) is 0 Å². The summed E-state index contributed by atoms with van der Waals surface area (Å²) >= 11 is 0. The van der Waals surface area contributed by atoms with Crippen LogP contribution in [0.3, 0.4) is 0 Å². The normalized spacial score (nSPS) is 15.2. The molecule has 0 aliphatic heterocycles. The van der Waals surface area contributed by atoms with Gasteiger partial charge in [-0.15, -0.1) is 0 Å². The smallest absolute Gasteiger partial charge is 0.287 e. The summed E-state index contributed by atoms with van der Waals surface area (Å²) in [6.07, 6.45) is 4.67. The fourth-order valence-corrected chi connectivity index (χ4v) is 1.92. The van der Waals surface area contributed by atoms with E-state index in [1.54, 1.807) is 6.07 Å². The Labute approximate surface area is 119 Å². The molecule has 1 fully saturated rings. The van der Waals surface area contributed by atoms with Crippen molar-refractivity contribution in [1.29, 1.82) is 0 Å². The summed E-state index contributed by atoms with van der Waals surface area (Å²) in [5, 5.41) is 2.81. The van der Waals surface area contributed by atoms with Gasteiger partial charge in [0.1, 0.15) is 0 Å². The summed E-state index contributed by atoms with van der Waals surface area (Å²) in [7, 11) is 1.97. The monoisotopic (exact) mass is 278 g/mol. The van der Waals surface area contributed by atoms with Crippen molar-refractivity contribution in [1.82, 2.24) is 10.2 Å². The van der Waals surface area contributed by atoms with Gasteiger partial charge >= 0.3 is 0 Å². The summed E-state index contributed by atoms with van der Waals surface area (Å²) in [5.74, 6) is 0.779. The predicted octanol–water partition coefficient (Wildman–Crippen LogP) is 1.12. The van der Waals surface area contributed by atoms with Crippen molar-refractivity contribution < 1.29 is 9.21 Å². The highest BCUT2D eigenvalue weighted by atomic mass is 16.3. The lowest BCUT2D eigenvalue weighted by molar-refractivity contribution is 0.0925. The van der Waals surface area contributed by atoms with E-state index < -0.39 is 0 Å². The lowest BCUT2D eigenvalue weighted by Gasteiger charge is -2.16. The molecule has 0 bridgehead atoms. The van der Waals surface area contributed by atoms with Crippen LogP contribution in [-0.2, 0) is 0 Å². The predicted molar refractivity (Wildman–Crippen MR) is 77.7 cm³/mol. The van der Waals surface area contributed by atoms with Gasteiger partial charge in [0.25, 0.3) is 5.91 Å². The number of carbonyl (C=O) groups excluding carboxylic acids is 1. The first-order chi connectivity index (χ1) is 9.59. The molecular formula is C14H22N4O2. The maximum absolute atomic E-state index is 11.8. The van der Waals surface area contributed by atoms with Crippen LogP contribution >= 0.6 is 0 Å². The molecule has 1 aromatic heterocycles. The molecule has 0 atom stereocenters. The molecule has 1 amide bonds. The standard InChI is InChI=1S/C14H22N4O2/c1-10-6-9-20-12(10)13(19)16-7-3-8-17-14(15)18(2)11-4-5-11/h6,9,11H,3-5,7-8H2,1-2H3,(H2,15,17)(H,16,19). The quantitative estimate of drug-likeness (QED) is 0.464. The van der Waals surface area contributed by atoms with E-state index in [0.29, 0.717) is 30.9 Å². The Hall–Kier alpha value is -1.98. The molecule has 1 aromatic rings. The van der Waals surface area contributed by atoms with Crippen molar-refractivity contribution in [3.8, 4) is 0 Å². The number of amides is 1. The number of aryl methyl sites for hydroxylation is 1. The number of carbonyl (C=O) groups is 1. The van der Waals surface area contributed by atoms with Gasteiger partial charge in [-0.3, -0.25) is 9.79 Å². The van der Waals surface area contributed by atoms with E-state index in [-0.39, 0.29) is 5.91 Å². The second-order valence-electron chi connectivity index (χ2n) is 5.12. The SMILES string of the molecule is Cc1ccoc1C(=O)NCCCN=C(N)N(C)C1CC1. The zero-order chi connectivity index (χ0) is 14.5. The summed E-state index contributed by atoms with van der Waals surface area (Å²) < 4.78 is 5.12. The third kappa shape index (κ3) is 3.76. The molecule has 6 nitrogen and oxygen atoms in total. The van der Waals surface area contributed by atoms with Crippen LogP contribution in [0.5, 0.6) is 0 Å². The highest BCUT2D eigenvalue weighted by molar-refractivity contribution is 5.92. The van der Waals surface area contributed by atoms with Crippen molar-refractivity contribution in [3.63, 3.8) is 0 Å². The number of hydrogen-bond acceptors (Lipinski definition) is 3. The maximum atomic E-state index is 11.8. The average Bonchev–Trinajstić information content (AvgIpc) is 3.19. The minimum Gasteiger partial charge on any atom is -0.459 e. The molecule has 1 heterocycles. The summed E-state index contributed by atoms with van der Waals surface area (Å²) in [6.45, 7) is 3.01. The van der Waals surface area contributed by atoms with Crippen LogP contribution in [-0.4, -0.2) is 42.9 Å². The first-order valence-corrected chi connectivity index (χ1v) is 6.94. The molecule has 0 unspecified atom stereocenters. The lowest BCUT2D eigenvalue weighted by atomic mass is 10.2. The summed E-state index contributed by atoms with van der Waals surface area (Å²) in [6, 6.07) is 2.34. The van der Waals surface area contributed by atoms with Crippen molar-refractivity contribution in [2.24, 2.45) is 10.7 Å². The van der Waals surface area contributed by atoms with E-state index in [9.17, 15) is 4.79 Å². The van der Waals surface area contributed by atoms with Crippen molar-refractivity contribution >= 4 is 11.9 Å². The minimum atomic E-state index is -0.181. The average molecular weight is 278 g/mol. The van der Waals surface area contributed by atoms with Gasteiger partial charge in [-0.2, -0.15) is 0 Å². The fraction of sp³-hybridized carbons (Fsp3) is 0.571. The van der Waals surface area contributed by atoms with Crippen LogP contribution in [0.1, 0.15) is 35.4 Å². The Morgan fingerprint density at radius 2 is 2.35 bits per heavy atom. The zero-order valence-electron chi connectivity index (χ0n) is 12.1. The molecule has 6 heteroatoms. The van der Waals surface area contributed by atoms with Crippen LogP contribution in [0, 0.1) is 6.92 Å². The molecule has 0 aromatic carbocycles. The lowest BCUT2D eigenvalue weighted by Crippen LogP contribution is -2.36. The number of nitrogens with zero attached hydrogens (tertiary/aromatic N) is 2. The van der Waals surface area contributed by atoms with Gasteiger partial charge < -0.3 is 20.4 Å². The fourth-order valence-electron chi connectivity index (χ4n) is 1.92. The number of nitrogens with two attached hydrogens (primary N) is 1. The van der Waals surface area contributed by atoms with E-state index in [4.69, 9.17) is 10.2 Å². The van der Waals surface area contributed by atoms with Crippen LogP contribution in [0.2, 0.25) is 0 Å². The van der Waals surface area contributed by atoms with Gasteiger partial charge in [0.15, 0.2) is 11.7 Å². The number of nitrogens with one attached hydrogen (secondary N) is 1. The topological polar surface area (TPSA) is 83.9 Å². The molecule has 3 N–H and O–H groups in total. The Morgan fingerprint density at radius 3 is 2.95 bits per heavy atom. The number of aliphatic imine (C=N–C) groups is 1. The molecule has 20 heavy (non-hydrogen) atoms. The third-order valence-corrected chi connectivity index (χ3v) is 3.42. The second kappa shape index (κ2) is 6.45. The van der Waals surface area contributed by atoms with E-state index in [1.165, 1.54) is 19.1 Å². The number of hydrogen-bond donors (Lipinski definition) is 2. The molecule has 0 radical (unpaired) electrons. The molecule has 110 valence electrons. The van der Waals surface area contributed by atoms with Gasteiger partial charge in [-0.25, -0.2) is 0 Å². The first-order valence-electron chi connectivity index (χ1n) is 6.94. The highest BCUT2D eigenvalue weighted by Crippen LogP contribution is 2.24. The van der Waals surface area contributed by atoms with Gasteiger partial charge in [0, 0.05) is 31.7 Å². The highest BCUT2D eigenvalue weighted by Gasteiger charge is 2.27. The molecule has 0 spiro atoms. The Balaban J connectivity index is 1.65. The zero-order valence-corrected chi connectivity index (χ0v) is 12.1. The van der Waals surface area contributed by atoms with Crippen molar-refractivity contribution in [2.45, 2.75) is 32.2 Å². The molecule has 1 aliphatic rings. The number of furan rings is 1. The molecule has 0 saturated heterocycles. The number of guanidine groups is 1. The summed E-state index contributed by atoms with van der Waals surface area (Å²) in [5.41, 5.74) is 6.71. The number of rotatable bonds is 6. The molecule has 2 rings (SSSR count). The molecular weight excluding hydrogens is 256 g/mol. The first kappa shape index (κ1) is 14.4. The largest absolute Gasteiger partial charge is 0.459 e. The third-order valence-electron chi connectivity index (χ3n) is 3.42. The summed E-state index contributed by atoms with van der Waals surface area (Å²) in [4.78, 5) is 18.1. The van der Waals surface area contributed by atoms with E-state index >= 15 is 0 Å². The Morgan fingerprint density at radius 1 is 1.60 bits per heavy atom. The molecule has 1 saturated carbocycles. The Kier molecular flexibility index (Phi) is 4.65. The maximum Gasteiger partial charge on any atom is 0.287 e. The van der Waals surface area contributed by atoms with E-state index in [0.717, 1.165) is 12.0 Å². The van der Waals surface area contributed by atoms with E-state index in [2.05, 4.69) is 10.3 Å². The van der Waals surface area contributed by atoms with Crippen LogP contribution in [0.4, 0.5) is 0 Å². The van der Waals surface area contributed by atoms with Crippen LogP contribution < -0.4 is 11.1 Å². The van der Waals surface area contributed by atoms with Crippen LogP contribution in [0.15, 0.2) is 21.7 Å².